The fraction of sp³-hybridized carbons (Fsp3) is 0.125. The van der Waals surface area contributed by atoms with Crippen molar-refractivity contribution in [3.63, 3.8) is 0 Å². The van der Waals surface area contributed by atoms with E-state index in [9.17, 15) is 9.90 Å². The second-order valence-electron chi connectivity index (χ2n) is 5.13. The SMILES string of the molecule is Bc1cc(OCC)c(O)c(/C=N/c2cccc(C(=O)O)c2)c1B. The van der Waals surface area contributed by atoms with Gasteiger partial charge in [-0.2, -0.15) is 0 Å². The predicted molar refractivity (Wildman–Crippen MR) is 96.3 cm³/mol. The largest absolute Gasteiger partial charge is 0.504 e. The summed E-state index contributed by atoms with van der Waals surface area (Å²) in [7, 11) is 3.82. The maximum atomic E-state index is 11.0. The average molecular weight is 309 g/mol. The van der Waals surface area contributed by atoms with E-state index in [1.165, 1.54) is 18.3 Å². The van der Waals surface area contributed by atoms with Crippen molar-refractivity contribution < 1.29 is 19.7 Å². The van der Waals surface area contributed by atoms with E-state index < -0.39 is 5.97 Å². The number of benzene rings is 2. The monoisotopic (exact) mass is 309 g/mol. The molecule has 0 spiro atoms. The first kappa shape index (κ1) is 16.7. The Hall–Kier alpha value is -2.69. The number of aromatic hydroxyl groups is 1. The van der Waals surface area contributed by atoms with Crippen LogP contribution in [0, 0.1) is 0 Å². The quantitative estimate of drug-likeness (QED) is 0.590. The minimum Gasteiger partial charge on any atom is -0.504 e. The van der Waals surface area contributed by atoms with Gasteiger partial charge in [0.1, 0.15) is 15.7 Å². The molecule has 0 radical (unpaired) electrons. The number of carboxylic acid groups (broad SMARTS) is 1. The molecule has 0 aliphatic heterocycles. The summed E-state index contributed by atoms with van der Waals surface area (Å²) in [5, 5.41) is 19.3. The van der Waals surface area contributed by atoms with Gasteiger partial charge in [-0.15, -0.1) is 0 Å². The van der Waals surface area contributed by atoms with E-state index in [1.54, 1.807) is 18.2 Å². The van der Waals surface area contributed by atoms with Crippen molar-refractivity contribution in [1.82, 2.24) is 0 Å². The molecular weight excluding hydrogens is 292 g/mol. The molecule has 2 aromatic rings. The van der Waals surface area contributed by atoms with Crippen molar-refractivity contribution in [2.24, 2.45) is 4.99 Å². The molecule has 2 rings (SSSR count). The molecule has 2 N–H and O–H groups in total. The Balaban J connectivity index is 2.43. The second-order valence-corrected chi connectivity index (χ2v) is 5.13. The highest BCUT2D eigenvalue weighted by Gasteiger charge is 2.12. The smallest absolute Gasteiger partial charge is 0.335 e. The van der Waals surface area contributed by atoms with Crippen LogP contribution in [-0.4, -0.2) is 44.7 Å². The van der Waals surface area contributed by atoms with Crippen LogP contribution in [0.5, 0.6) is 11.5 Å². The molecule has 0 aliphatic carbocycles. The molecule has 0 unspecified atom stereocenters. The molecular formula is C16H17B2NO4. The summed E-state index contributed by atoms with van der Waals surface area (Å²) in [6.45, 7) is 2.30. The van der Waals surface area contributed by atoms with E-state index in [0.717, 1.165) is 10.9 Å². The summed E-state index contributed by atoms with van der Waals surface area (Å²) in [5.74, 6) is -0.556. The van der Waals surface area contributed by atoms with E-state index in [-0.39, 0.29) is 11.3 Å². The number of phenolic OH excluding ortho intramolecular Hbond substituents is 1. The average Bonchev–Trinajstić information content (AvgIpc) is 2.53. The number of ether oxygens (including phenoxy) is 1. The van der Waals surface area contributed by atoms with E-state index in [4.69, 9.17) is 9.84 Å². The van der Waals surface area contributed by atoms with Gasteiger partial charge in [-0.1, -0.05) is 17.0 Å². The van der Waals surface area contributed by atoms with Gasteiger partial charge in [0.05, 0.1) is 17.9 Å². The third kappa shape index (κ3) is 3.74. The zero-order chi connectivity index (χ0) is 17.0. The van der Waals surface area contributed by atoms with Gasteiger partial charge in [-0.25, -0.2) is 4.79 Å². The molecule has 23 heavy (non-hydrogen) atoms. The van der Waals surface area contributed by atoms with Crippen molar-refractivity contribution in [2.75, 3.05) is 6.61 Å². The number of hydrogen-bond donors (Lipinski definition) is 2. The van der Waals surface area contributed by atoms with E-state index >= 15 is 0 Å². The van der Waals surface area contributed by atoms with E-state index in [0.29, 0.717) is 23.6 Å². The predicted octanol–water partition coefficient (Wildman–Crippen LogP) is -0.244. The summed E-state index contributed by atoms with van der Waals surface area (Å²) < 4.78 is 5.43. The summed E-state index contributed by atoms with van der Waals surface area (Å²) in [6, 6.07) is 8.10. The summed E-state index contributed by atoms with van der Waals surface area (Å²) >= 11 is 0. The van der Waals surface area contributed by atoms with Crippen LogP contribution in [0.2, 0.25) is 0 Å². The van der Waals surface area contributed by atoms with Crippen molar-refractivity contribution in [2.45, 2.75) is 6.92 Å². The second kappa shape index (κ2) is 7.05. The molecule has 0 aliphatic rings. The van der Waals surface area contributed by atoms with Crippen LogP contribution >= 0.6 is 0 Å². The van der Waals surface area contributed by atoms with Gasteiger partial charge < -0.3 is 14.9 Å². The minimum atomic E-state index is -1.00. The molecule has 0 saturated heterocycles. The maximum Gasteiger partial charge on any atom is 0.335 e. The van der Waals surface area contributed by atoms with Gasteiger partial charge in [0.2, 0.25) is 0 Å². The zero-order valence-corrected chi connectivity index (χ0v) is 13.3. The number of carbonyl (C=O) groups is 1. The first-order valence-corrected chi connectivity index (χ1v) is 7.27. The highest BCUT2D eigenvalue weighted by molar-refractivity contribution is 6.50. The molecule has 0 fully saturated rings. The topological polar surface area (TPSA) is 79.1 Å². The summed E-state index contributed by atoms with van der Waals surface area (Å²) in [4.78, 5) is 15.3. The number of rotatable bonds is 5. The number of hydrogen-bond acceptors (Lipinski definition) is 4. The van der Waals surface area contributed by atoms with Crippen molar-refractivity contribution in [3.8, 4) is 11.5 Å². The van der Waals surface area contributed by atoms with Gasteiger partial charge in [0, 0.05) is 11.8 Å². The number of aliphatic imine (C=N–C) groups is 1. The Labute approximate surface area is 136 Å². The van der Waals surface area contributed by atoms with E-state index in [1.807, 2.05) is 22.6 Å². The Morgan fingerprint density at radius 1 is 1.35 bits per heavy atom. The van der Waals surface area contributed by atoms with Crippen LogP contribution in [0.15, 0.2) is 35.3 Å². The molecule has 116 valence electrons. The normalized spacial score (nSPS) is 10.8. The lowest BCUT2D eigenvalue weighted by molar-refractivity contribution is 0.0697. The van der Waals surface area contributed by atoms with Gasteiger partial charge in [-0.05, 0) is 31.2 Å². The third-order valence-electron chi connectivity index (χ3n) is 3.57. The molecule has 0 saturated carbocycles. The summed E-state index contributed by atoms with van der Waals surface area (Å²) in [6.07, 6.45) is 1.53. The van der Waals surface area contributed by atoms with Crippen LogP contribution < -0.4 is 15.7 Å². The molecule has 5 nitrogen and oxygen atoms in total. The van der Waals surface area contributed by atoms with Crippen molar-refractivity contribution >= 4 is 44.5 Å². The first-order valence-electron chi connectivity index (χ1n) is 7.27. The highest BCUT2D eigenvalue weighted by atomic mass is 16.5. The van der Waals surface area contributed by atoms with E-state index in [2.05, 4.69) is 4.99 Å². The van der Waals surface area contributed by atoms with Crippen LogP contribution in [0.1, 0.15) is 22.8 Å². The van der Waals surface area contributed by atoms with Crippen molar-refractivity contribution in [1.29, 1.82) is 0 Å². The van der Waals surface area contributed by atoms with Gasteiger partial charge >= 0.3 is 5.97 Å². The first-order chi connectivity index (χ1) is 10.9. The molecule has 0 atom stereocenters. The minimum absolute atomic E-state index is 0.0353. The summed E-state index contributed by atoms with van der Waals surface area (Å²) in [5.41, 5.74) is 3.10. The number of nitrogens with zero attached hydrogens (tertiary/aromatic N) is 1. The third-order valence-corrected chi connectivity index (χ3v) is 3.57. The van der Waals surface area contributed by atoms with Crippen molar-refractivity contribution in [3.05, 3.63) is 41.5 Å². The highest BCUT2D eigenvalue weighted by Crippen LogP contribution is 2.27. The molecule has 7 heteroatoms. The lowest BCUT2D eigenvalue weighted by Crippen LogP contribution is -2.29. The molecule has 2 aromatic carbocycles. The molecule has 0 bridgehead atoms. The number of carboxylic acids is 1. The lowest BCUT2D eigenvalue weighted by atomic mass is 9.77. The zero-order valence-electron chi connectivity index (χ0n) is 13.3. The number of phenols is 1. The van der Waals surface area contributed by atoms with Gasteiger partial charge in [0.15, 0.2) is 11.5 Å². The van der Waals surface area contributed by atoms with Gasteiger partial charge in [0.25, 0.3) is 0 Å². The van der Waals surface area contributed by atoms with Crippen LogP contribution in [0.4, 0.5) is 5.69 Å². The Bertz CT molecular complexity index is 775. The fourth-order valence-corrected chi connectivity index (χ4v) is 2.18. The van der Waals surface area contributed by atoms with Crippen LogP contribution in [0.25, 0.3) is 0 Å². The van der Waals surface area contributed by atoms with Gasteiger partial charge in [-0.3, -0.25) is 4.99 Å². The Morgan fingerprint density at radius 3 is 2.74 bits per heavy atom. The van der Waals surface area contributed by atoms with Crippen LogP contribution in [-0.2, 0) is 0 Å². The van der Waals surface area contributed by atoms with Crippen LogP contribution in [0.3, 0.4) is 0 Å². The Kier molecular flexibility index (Phi) is 5.11. The maximum absolute atomic E-state index is 11.0. The lowest BCUT2D eigenvalue weighted by Gasteiger charge is -2.13. The molecule has 0 amide bonds. The molecule has 0 aromatic heterocycles. The fourth-order valence-electron chi connectivity index (χ4n) is 2.18. The standard InChI is InChI=1S/C16H17B2NO4/c1-2-23-13-7-12(17)14(18)11(15(13)20)8-19-10-5-3-4-9(6-10)16(21)22/h3-8,20H,2,17-18H2,1H3,(H,21,22)/b19-8+. The number of aromatic carboxylic acids is 1. The molecule has 0 heterocycles. The Morgan fingerprint density at radius 2 is 2.09 bits per heavy atom.